The number of carbonyl (C=O) groups excluding carboxylic acids is 3. The summed E-state index contributed by atoms with van der Waals surface area (Å²) in [6, 6.07) is 4.33. The molecule has 4 heterocycles. The minimum atomic E-state index is -3.23. The third kappa shape index (κ3) is 10.3. The largest absolute Gasteiger partial charge is 0.496 e. The minimum absolute atomic E-state index is 0.0165. The zero-order chi connectivity index (χ0) is 41.3. The van der Waals surface area contributed by atoms with Gasteiger partial charge in [0, 0.05) is 25.2 Å². The smallest absolute Gasteiger partial charge is 0.213 e. The number of carbonyl (C=O) groups is 3. The molecular weight excluding hydrogens is 805 g/mol. The van der Waals surface area contributed by atoms with E-state index in [4.69, 9.17) is 25.7 Å². The molecule has 6 rings (SSSR count). The minimum Gasteiger partial charge on any atom is -0.496 e. The number of ether oxygens (including phenoxy) is 2. The first kappa shape index (κ1) is 43.8. The van der Waals surface area contributed by atoms with Gasteiger partial charge in [0.05, 0.1) is 20.5 Å². The number of halogens is 4. The first-order chi connectivity index (χ1) is 26.6. The van der Waals surface area contributed by atoms with Gasteiger partial charge in [-0.2, -0.15) is 0 Å². The Morgan fingerprint density at radius 3 is 1.55 bits per heavy atom. The Balaban J connectivity index is 0.000000240. The highest BCUT2D eigenvalue weighted by atomic mass is 32.2. The number of benzene rings is 2. The van der Waals surface area contributed by atoms with Crippen molar-refractivity contribution in [2.45, 2.75) is 37.8 Å². The summed E-state index contributed by atoms with van der Waals surface area (Å²) in [6.45, 7) is 4.54. The second kappa shape index (κ2) is 19.3. The molecule has 7 N–H and O–H groups in total. The van der Waals surface area contributed by atoms with E-state index in [1.54, 1.807) is 0 Å². The van der Waals surface area contributed by atoms with Gasteiger partial charge in [0.2, 0.25) is 21.6 Å². The highest BCUT2D eigenvalue weighted by Gasteiger charge is 2.30. The normalized spacial score (nSPS) is 15.1. The van der Waals surface area contributed by atoms with Crippen LogP contribution in [0.1, 0.15) is 56.2 Å². The second-order valence-electron chi connectivity index (χ2n) is 12.3. The molecule has 56 heavy (non-hydrogen) atoms. The topological polar surface area (TPSA) is 221 Å². The van der Waals surface area contributed by atoms with Crippen LogP contribution in [0.25, 0.3) is 0 Å². The predicted molar refractivity (Wildman–Crippen MR) is 205 cm³/mol. The molecule has 0 radical (unpaired) electrons. The van der Waals surface area contributed by atoms with E-state index in [0.29, 0.717) is 36.2 Å². The van der Waals surface area contributed by atoms with Crippen LogP contribution < -0.4 is 36.9 Å². The molecular formula is C34H40F4N8O7S3. The zero-order valence-corrected chi connectivity index (χ0v) is 32.9. The molecule has 2 aromatic heterocycles. The number of anilines is 4. The number of methoxy groups -OCH3 is 2. The SMILES string of the molecule is C=O.COc1ccc(F)c(F)c1C(=O)c1sc(NC2CCN(S(C)(=O)=O)CC2)nc1N.COc1ccc(F)c(F)c1C(=O)c1sc(NC2CCNCC2)nc1N. The third-order valence-corrected chi connectivity index (χ3v) is 11.9. The van der Waals surface area contributed by atoms with Crippen LogP contribution in [-0.4, -0.2) is 99.8 Å². The number of nitrogen functional groups attached to an aromatic ring is 2. The van der Waals surface area contributed by atoms with Crippen molar-refractivity contribution in [1.29, 1.82) is 0 Å². The summed E-state index contributed by atoms with van der Waals surface area (Å²) in [5, 5.41) is 10.5. The molecule has 0 unspecified atom stereocenters. The van der Waals surface area contributed by atoms with Gasteiger partial charge in [-0.15, -0.1) is 0 Å². The fraction of sp³-hybridized carbons (Fsp3) is 0.382. The van der Waals surface area contributed by atoms with Crippen LogP contribution in [0.4, 0.5) is 39.5 Å². The van der Waals surface area contributed by atoms with Crippen LogP contribution >= 0.6 is 22.7 Å². The maximum absolute atomic E-state index is 14.2. The van der Waals surface area contributed by atoms with Gasteiger partial charge in [0.15, 0.2) is 33.5 Å². The van der Waals surface area contributed by atoms with Crippen molar-refractivity contribution < 1.29 is 49.8 Å². The van der Waals surface area contributed by atoms with Crippen LogP contribution in [0.3, 0.4) is 0 Å². The number of nitrogens with two attached hydrogens (primary N) is 2. The van der Waals surface area contributed by atoms with E-state index in [9.17, 15) is 35.6 Å². The Kier molecular flexibility index (Phi) is 15.1. The molecule has 2 saturated heterocycles. The lowest BCUT2D eigenvalue weighted by Gasteiger charge is -2.30. The zero-order valence-electron chi connectivity index (χ0n) is 30.4. The number of rotatable bonds is 11. The van der Waals surface area contributed by atoms with Crippen molar-refractivity contribution in [2.24, 2.45) is 0 Å². The summed E-state index contributed by atoms with van der Waals surface area (Å²) in [5.74, 6) is -6.73. The molecule has 304 valence electrons. The van der Waals surface area contributed by atoms with Crippen LogP contribution in [0.5, 0.6) is 11.5 Å². The summed E-state index contributed by atoms with van der Waals surface area (Å²) < 4.78 is 90.1. The van der Waals surface area contributed by atoms with E-state index in [-0.39, 0.29) is 45.0 Å². The van der Waals surface area contributed by atoms with Gasteiger partial charge in [-0.05, 0) is 63.0 Å². The van der Waals surface area contributed by atoms with Gasteiger partial charge in [0.25, 0.3) is 0 Å². The van der Waals surface area contributed by atoms with Crippen molar-refractivity contribution in [3.63, 3.8) is 0 Å². The van der Waals surface area contributed by atoms with Gasteiger partial charge in [-0.25, -0.2) is 40.3 Å². The first-order valence-corrected chi connectivity index (χ1v) is 20.2. The molecule has 0 amide bonds. The highest BCUT2D eigenvalue weighted by Crippen LogP contribution is 2.35. The number of nitrogens with zero attached hydrogens (tertiary/aromatic N) is 3. The summed E-state index contributed by atoms with van der Waals surface area (Å²) >= 11 is 1.95. The predicted octanol–water partition coefficient (Wildman–Crippen LogP) is 4.30. The Labute approximate surface area is 327 Å². The number of piperidine rings is 2. The fourth-order valence-corrected chi connectivity index (χ4v) is 8.51. The standard InChI is InChI=1S/C17H20F2N4O4S2.C16H18F2N4O2S.CH2O/c1-27-11-4-3-10(18)13(19)12(11)14(24)15-16(20)22-17(28-15)21-9-5-7-23(8-6-9)29(2,25)26;1-24-10-3-2-9(17)12(18)11(10)13(23)14-15(19)22-16(25-14)21-8-4-6-20-7-5-8;1-2/h3-4,9H,5-8,20H2,1-2H3,(H,21,22);2-3,8,20H,4-7,19H2,1H3,(H,21,22);1H2. The average Bonchev–Trinajstić information content (AvgIpc) is 3.74. The number of sulfonamides is 1. The van der Waals surface area contributed by atoms with Gasteiger partial charge >= 0.3 is 0 Å². The van der Waals surface area contributed by atoms with Crippen LogP contribution in [-0.2, 0) is 14.8 Å². The molecule has 0 aliphatic carbocycles. The molecule has 2 aliphatic heterocycles. The third-order valence-electron chi connectivity index (χ3n) is 8.64. The molecule has 0 spiro atoms. The molecule has 15 nitrogen and oxygen atoms in total. The lowest BCUT2D eigenvalue weighted by atomic mass is 10.1. The molecule has 22 heteroatoms. The molecule has 4 aromatic rings. The number of thiazole rings is 2. The number of ketones is 2. The Bertz CT molecular complexity index is 2140. The molecule has 2 aliphatic rings. The van der Waals surface area contributed by atoms with Crippen molar-refractivity contribution in [2.75, 3.05) is 68.8 Å². The average molecular weight is 845 g/mol. The van der Waals surface area contributed by atoms with Crippen molar-refractivity contribution in [1.82, 2.24) is 19.6 Å². The maximum atomic E-state index is 14.2. The summed E-state index contributed by atoms with van der Waals surface area (Å²) in [6.07, 6.45) is 4.13. The number of hydrogen-bond acceptors (Lipinski definition) is 16. The molecule has 2 fully saturated rings. The van der Waals surface area contributed by atoms with Crippen LogP contribution in [0.2, 0.25) is 0 Å². The number of hydrogen-bond donors (Lipinski definition) is 5. The Morgan fingerprint density at radius 1 is 0.786 bits per heavy atom. The first-order valence-electron chi connectivity index (χ1n) is 16.8. The van der Waals surface area contributed by atoms with Crippen LogP contribution in [0.15, 0.2) is 24.3 Å². The van der Waals surface area contributed by atoms with Crippen LogP contribution in [0, 0.1) is 23.3 Å². The van der Waals surface area contributed by atoms with Crippen molar-refractivity contribution in [3.8, 4) is 11.5 Å². The summed E-state index contributed by atoms with van der Waals surface area (Å²) in [7, 11) is -0.704. The Hall–Kier alpha value is -4.90. The summed E-state index contributed by atoms with van der Waals surface area (Å²) in [4.78, 5) is 41.7. The second-order valence-corrected chi connectivity index (χ2v) is 16.2. The highest BCUT2D eigenvalue weighted by molar-refractivity contribution is 7.88. The van der Waals surface area contributed by atoms with E-state index in [2.05, 4.69) is 25.9 Å². The molecule has 2 aromatic carbocycles. The van der Waals surface area contributed by atoms with Gasteiger partial charge in [-0.1, -0.05) is 22.7 Å². The van der Waals surface area contributed by atoms with Gasteiger partial charge < -0.3 is 41.7 Å². The quantitative estimate of drug-likeness (QED) is 0.105. The monoisotopic (exact) mass is 844 g/mol. The van der Waals surface area contributed by atoms with Crippen molar-refractivity contribution in [3.05, 3.63) is 68.4 Å². The number of nitrogens with one attached hydrogen (secondary N) is 3. The number of aromatic nitrogens is 2. The maximum Gasteiger partial charge on any atom is 0.213 e. The molecule has 0 saturated carbocycles. The van der Waals surface area contributed by atoms with Gasteiger partial charge in [-0.3, -0.25) is 9.59 Å². The van der Waals surface area contributed by atoms with E-state index in [1.807, 2.05) is 6.79 Å². The van der Waals surface area contributed by atoms with E-state index >= 15 is 0 Å². The van der Waals surface area contributed by atoms with E-state index in [0.717, 1.165) is 66.8 Å². The summed E-state index contributed by atoms with van der Waals surface area (Å²) in [5.41, 5.74) is 10.6. The van der Waals surface area contributed by atoms with E-state index in [1.165, 1.54) is 30.8 Å². The van der Waals surface area contributed by atoms with Crippen molar-refractivity contribution >= 4 is 73.0 Å². The Morgan fingerprint density at radius 2 is 1.18 bits per heavy atom. The fourth-order valence-electron chi connectivity index (χ4n) is 5.82. The van der Waals surface area contributed by atoms with Gasteiger partial charge in [0.1, 0.15) is 50.8 Å². The lowest BCUT2D eigenvalue weighted by Crippen LogP contribution is -2.41. The molecule has 0 atom stereocenters. The lowest BCUT2D eigenvalue weighted by molar-refractivity contribution is -0.0980. The van der Waals surface area contributed by atoms with E-state index < -0.39 is 56.0 Å². The molecule has 0 bridgehead atoms.